The van der Waals surface area contributed by atoms with E-state index in [-0.39, 0.29) is 0 Å². The standard InChI is InChI=1S/C7H11/c1-2-4-6-7-5-3-1/h1-2,5H,3-4,6-7H2. The van der Waals surface area contributed by atoms with Crippen LogP contribution in [-0.4, -0.2) is 0 Å². The van der Waals surface area contributed by atoms with Crippen molar-refractivity contribution < 1.29 is 0 Å². The Hall–Kier alpha value is 0. The fourth-order valence-electron chi connectivity index (χ4n) is 0.808. The number of hydrogen-bond donors (Lipinski definition) is 0. The molecule has 0 aliphatic heterocycles. The summed E-state index contributed by atoms with van der Waals surface area (Å²) in [5.74, 6) is 0. The van der Waals surface area contributed by atoms with Crippen molar-refractivity contribution in [1.82, 2.24) is 0 Å². The molecule has 0 heteroatoms. The minimum Gasteiger partial charge on any atom is -0.0527 e. The molecule has 1 fully saturated rings. The maximum Gasteiger partial charge on any atom is -0.0349 e. The quantitative estimate of drug-likeness (QED) is 0.404. The van der Waals surface area contributed by atoms with Crippen LogP contribution in [0.4, 0.5) is 0 Å². The van der Waals surface area contributed by atoms with Crippen molar-refractivity contribution in [3.05, 3.63) is 19.3 Å². The van der Waals surface area contributed by atoms with Crippen LogP contribution in [0.15, 0.2) is 0 Å². The number of hydrogen-bond acceptors (Lipinski definition) is 0. The Balaban J connectivity index is 2.04. The van der Waals surface area contributed by atoms with E-state index in [0.29, 0.717) is 0 Å². The second-order valence-corrected chi connectivity index (χ2v) is 1.93. The van der Waals surface area contributed by atoms with Crippen molar-refractivity contribution in [2.24, 2.45) is 0 Å². The van der Waals surface area contributed by atoms with Crippen LogP contribution in [0.5, 0.6) is 0 Å². The highest BCUT2D eigenvalue weighted by Crippen LogP contribution is 2.12. The van der Waals surface area contributed by atoms with E-state index in [1.165, 1.54) is 25.7 Å². The van der Waals surface area contributed by atoms with Gasteiger partial charge in [0.2, 0.25) is 0 Å². The topological polar surface area (TPSA) is 0 Å². The van der Waals surface area contributed by atoms with Crippen LogP contribution in [0.25, 0.3) is 0 Å². The van der Waals surface area contributed by atoms with Gasteiger partial charge in [-0.15, -0.1) is 0 Å². The van der Waals surface area contributed by atoms with Crippen LogP contribution in [0.3, 0.4) is 0 Å². The molecule has 0 nitrogen and oxygen atoms in total. The summed E-state index contributed by atoms with van der Waals surface area (Å²) in [6, 6.07) is 0. The first-order valence-corrected chi connectivity index (χ1v) is 2.97. The Kier molecular flexibility index (Phi) is 2.25. The third-order valence-corrected chi connectivity index (χ3v) is 1.25. The lowest BCUT2D eigenvalue weighted by atomic mass is 10.2. The largest absolute Gasteiger partial charge is 0.0527 e. The van der Waals surface area contributed by atoms with Crippen molar-refractivity contribution in [2.75, 3.05) is 0 Å². The lowest BCUT2D eigenvalue weighted by Crippen LogP contribution is -1.70. The Morgan fingerprint density at radius 3 is 3.00 bits per heavy atom. The van der Waals surface area contributed by atoms with E-state index in [1.807, 2.05) is 0 Å². The Bertz CT molecular complexity index is 19.7. The highest BCUT2D eigenvalue weighted by molar-refractivity contribution is 4.91. The molecule has 1 rings (SSSR count). The van der Waals surface area contributed by atoms with E-state index in [1.54, 1.807) is 0 Å². The van der Waals surface area contributed by atoms with Crippen LogP contribution in [0, 0.1) is 19.3 Å². The van der Waals surface area contributed by atoms with Gasteiger partial charge in [-0.2, -0.15) is 0 Å². The monoisotopic (exact) mass is 95.1 g/mol. The zero-order valence-corrected chi connectivity index (χ0v) is 4.56. The fraction of sp³-hybridized carbons (Fsp3) is 0.571. The van der Waals surface area contributed by atoms with E-state index in [0.717, 1.165) is 0 Å². The van der Waals surface area contributed by atoms with Crippen LogP contribution in [-0.2, 0) is 0 Å². The summed E-state index contributed by atoms with van der Waals surface area (Å²) in [4.78, 5) is 0. The highest BCUT2D eigenvalue weighted by atomic mass is 14.0. The van der Waals surface area contributed by atoms with Crippen molar-refractivity contribution in [1.29, 1.82) is 0 Å². The van der Waals surface area contributed by atoms with Crippen molar-refractivity contribution in [3.63, 3.8) is 0 Å². The molecule has 0 atom stereocenters. The normalized spacial score (nSPS) is 24.0. The molecule has 0 unspecified atom stereocenters. The molecular weight excluding hydrogens is 84.1 g/mol. The average Bonchev–Trinajstić information content (AvgIpc) is 1.90. The number of rotatable bonds is 0. The maximum atomic E-state index is 2.34. The Morgan fingerprint density at radius 2 is 2.00 bits per heavy atom. The predicted octanol–water partition coefficient (Wildman–Crippen LogP) is 2.17. The van der Waals surface area contributed by atoms with Gasteiger partial charge in [0.25, 0.3) is 0 Å². The van der Waals surface area contributed by atoms with Gasteiger partial charge in [0.1, 0.15) is 0 Å². The van der Waals surface area contributed by atoms with Gasteiger partial charge in [0, 0.05) is 0 Å². The molecule has 0 aromatic carbocycles. The van der Waals surface area contributed by atoms with Crippen LogP contribution in [0.1, 0.15) is 25.7 Å². The summed E-state index contributed by atoms with van der Waals surface area (Å²) in [6.45, 7) is 0. The van der Waals surface area contributed by atoms with Crippen LogP contribution in [0.2, 0.25) is 0 Å². The zero-order valence-electron chi connectivity index (χ0n) is 4.56. The van der Waals surface area contributed by atoms with E-state index in [4.69, 9.17) is 0 Å². The summed E-state index contributed by atoms with van der Waals surface area (Å²) >= 11 is 0. The summed E-state index contributed by atoms with van der Waals surface area (Å²) < 4.78 is 0. The molecule has 0 spiro atoms. The molecule has 1 aliphatic rings. The van der Waals surface area contributed by atoms with Gasteiger partial charge in [-0.25, -0.2) is 0 Å². The van der Waals surface area contributed by atoms with Gasteiger partial charge >= 0.3 is 0 Å². The zero-order chi connectivity index (χ0) is 4.95. The molecule has 0 saturated heterocycles. The van der Waals surface area contributed by atoms with E-state index in [9.17, 15) is 0 Å². The Labute approximate surface area is 45.9 Å². The molecule has 1 aliphatic carbocycles. The smallest absolute Gasteiger partial charge is 0.0349 e. The summed E-state index contributed by atoms with van der Waals surface area (Å²) in [7, 11) is 0. The van der Waals surface area contributed by atoms with Gasteiger partial charge in [-0.05, 0) is 32.1 Å². The van der Waals surface area contributed by atoms with Gasteiger partial charge in [-0.3, -0.25) is 0 Å². The molecular formula is C7H11. The summed E-state index contributed by atoms with van der Waals surface area (Å²) in [6.07, 6.45) is 12.0. The minimum atomic E-state index is 1.19. The Morgan fingerprint density at radius 1 is 1.00 bits per heavy atom. The van der Waals surface area contributed by atoms with Gasteiger partial charge in [0.15, 0.2) is 0 Å². The molecule has 3 radical (unpaired) electrons. The van der Waals surface area contributed by atoms with Crippen molar-refractivity contribution in [3.8, 4) is 0 Å². The first-order chi connectivity index (χ1) is 3.50. The van der Waals surface area contributed by atoms with E-state index in [2.05, 4.69) is 19.3 Å². The third kappa shape index (κ3) is 1.96. The molecule has 1 saturated carbocycles. The first kappa shape index (κ1) is 5.14. The lowest BCUT2D eigenvalue weighted by molar-refractivity contribution is 0.826. The lowest BCUT2D eigenvalue weighted by Gasteiger charge is -1.85. The van der Waals surface area contributed by atoms with Gasteiger partial charge in [0.05, 0.1) is 0 Å². The molecule has 0 N–H and O–H groups in total. The molecule has 0 heterocycles. The third-order valence-electron chi connectivity index (χ3n) is 1.25. The molecule has 39 valence electrons. The minimum absolute atomic E-state index is 1.19. The second kappa shape index (κ2) is 3.06. The SMILES string of the molecule is [CH]1[CH]CCC[CH]C1. The van der Waals surface area contributed by atoms with E-state index < -0.39 is 0 Å². The molecule has 0 bridgehead atoms. The van der Waals surface area contributed by atoms with E-state index >= 15 is 0 Å². The van der Waals surface area contributed by atoms with Crippen LogP contribution < -0.4 is 0 Å². The fourth-order valence-corrected chi connectivity index (χ4v) is 0.808. The maximum absolute atomic E-state index is 2.34. The first-order valence-electron chi connectivity index (χ1n) is 2.97. The van der Waals surface area contributed by atoms with Crippen molar-refractivity contribution in [2.45, 2.75) is 25.7 Å². The van der Waals surface area contributed by atoms with Crippen LogP contribution >= 0.6 is 0 Å². The van der Waals surface area contributed by atoms with Gasteiger partial charge in [-0.1, -0.05) is 12.8 Å². The average molecular weight is 95.2 g/mol. The predicted molar refractivity (Wildman–Crippen MR) is 31.4 cm³/mol. The molecule has 0 amide bonds. The van der Waals surface area contributed by atoms with Crippen molar-refractivity contribution >= 4 is 0 Å². The highest BCUT2D eigenvalue weighted by Gasteiger charge is 1.96. The summed E-state index contributed by atoms with van der Waals surface area (Å²) in [5.41, 5.74) is 0. The second-order valence-electron chi connectivity index (χ2n) is 1.93. The molecule has 7 heavy (non-hydrogen) atoms. The summed E-state index contributed by atoms with van der Waals surface area (Å²) in [5, 5.41) is 0. The molecule has 0 aromatic heterocycles. The molecule has 0 aromatic rings. The van der Waals surface area contributed by atoms with Gasteiger partial charge < -0.3 is 0 Å².